The van der Waals surface area contributed by atoms with Gasteiger partial charge in [0.1, 0.15) is 5.75 Å². The van der Waals surface area contributed by atoms with Gasteiger partial charge in [-0.2, -0.15) is 0 Å². The molecule has 1 aromatic heterocycles. The Kier molecular flexibility index (Phi) is 7.10. The van der Waals surface area contributed by atoms with E-state index in [9.17, 15) is 14.7 Å². The fourth-order valence-corrected chi connectivity index (χ4v) is 5.35. The number of rotatable bonds is 6. The van der Waals surface area contributed by atoms with Crippen LogP contribution in [0.1, 0.15) is 55.8 Å². The lowest BCUT2D eigenvalue weighted by atomic mass is 10.0. The molecule has 0 amide bonds. The maximum Gasteiger partial charge on any atom is 0.339 e. The molecule has 1 N–H and O–H groups in total. The average molecular weight is 494 g/mol. The van der Waals surface area contributed by atoms with Crippen LogP contribution in [0.4, 0.5) is 0 Å². The van der Waals surface area contributed by atoms with E-state index in [2.05, 4.69) is 0 Å². The first kappa shape index (κ1) is 25.1. The van der Waals surface area contributed by atoms with Crippen molar-refractivity contribution in [3.05, 3.63) is 81.3 Å². The van der Waals surface area contributed by atoms with Crippen LogP contribution in [-0.4, -0.2) is 27.9 Å². The van der Waals surface area contributed by atoms with E-state index in [1.165, 1.54) is 11.8 Å². The molecule has 6 nitrogen and oxygen atoms in total. The zero-order chi connectivity index (χ0) is 25.3. The summed E-state index contributed by atoms with van der Waals surface area (Å²) in [6.45, 7) is 9.66. The molecule has 1 atom stereocenters. The summed E-state index contributed by atoms with van der Waals surface area (Å²) < 4.78 is 13.7. The van der Waals surface area contributed by atoms with Crippen molar-refractivity contribution in [2.45, 2.75) is 69.0 Å². The molecule has 1 aliphatic heterocycles. The standard InChI is InChI=1S/C28H31NO5S/c1-17-23(25(27(31)32)34-28(3,4)5)29(20-13-14-22-19(16-20)10-9-15-33-22)18(2)26(24(17)30)35-21-11-7-6-8-12-21/h6-8,11-14,16,25H,9-10,15H2,1-5H3,(H,31,32). The number of pyridine rings is 1. The number of ether oxygens (including phenoxy) is 2. The van der Waals surface area contributed by atoms with Gasteiger partial charge in [-0.25, -0.2) is 4.79 Å². The molecular weight excluding hydrogens is 462 g/mol. The van der Waals surface area contributed by atoms with E-state index in [1.54, 1.807) is 6.92 Å². The van der Waals surface area contributed by atoms with Crippen LogP contribution in [0.5, 0.6) is 5.75 Å². The number of aryl methyl sites for hydroxylation is 1. The van der Waals surface area contributed by atoms with Gasteiger partial charge < -0.3 is 19.1 Å². The summed E-state index contributed by atoms with van der Waals surface area (Å²) in [6, 6.07) is 15.6. The number of nitrogens with zero attached hydrogens (tertiary/aromatic N) is 1. The van der Waals surface area contributed by atoms with Crippen LogP contribution < -0.4 is 10.2 Å². The molecule has 184 valence electrons. The Morgan fingerprint density at radius 2 is 1.86 bits per heavy atom. The van der Waals surface area contributed by atoms with Gasteiger partial charge in [0.2, 0.25) is 0 Å². The van der Waals surface area contributed by atoms with Gasteiger partial charge in [-0.3, -0.25) is 4.79 Å². The molecular formula is C28H31NO5S. The Bertz CT molecular complexity index is 1310. The summed E-state index contributed by atoms with van der Waals surface area (Å²) in [5.74, 6) is -0.295. The number of aromatic nitrogens is 1. The Balaban J connectivity index is 2.00. The van der Waals surface area contributed by atoms with Crippen molar-refractivity contribution in [2.75, 3.05) is 6.61 Å². The van der Waals surface area contributed by atoms with Gasteiger partial charge in [0.05, 0.1) is 22.8 Å². The van der Waals surface area contributed by atoms with Crippen molar-refractivity contribution in [2.24, 2.45) is 0 Å². The molecule has 2 aromatic carbocycles. The Morgan fingerprint density at radius 3 is 2.51 bits per heavy atom. The molecule has 1 aliphatic rings. The molecule has 3 aromatic rings. The lowest BCUT2D eigenvalue weighted by Gasteiger charge is -2.30. The quantitative estimate of drug-likeness (QED) is 0.463. The van der Waals surface area contributed by atoms with Gasteiger partial charge in [0, 0.05) is 21.8 Å². The zero-order valence-electron chi connectivity index (χ0n) is 20.8. The van der Waals surface area contributed by atoms with E-state index in [-0.39, 0.29) is 5.43 Å². The van der Waals surface area contributed by atoms with E-state index in [0.717, 1.165) is 34.7 Å². The second-order valence-corrected chi connectivity index (χ2v) is 10.8. The van der Waals surface area contributed by atoms with Crippen LogP contribution in [0.25, 0.3) is 5.69 Å². The normalized spacial score (nSPS) is 14.2. The van der Waals surface area contributed by atoms with Crippen LogP contribution in [-0.2, 0) is 16.0 Å². The first-order chi connectivity index (χ1) is 16.6. The van der Waals surface area contributed by atoms with Crippen molar-refractivity contribution in [3.8, 4) is 11.4 Å². The van der Waals surface area contributed by atoms with Crippen LogP contribution in [0.3, 0.4) is 0 Å². The second kappa shape index (κ2) is 9.91. The number of benzene rings is 2. The van der Waals surface area contributed by atoms with Crippen LogP contribution in [0.15, 0.2) is 63.1 Å². The van der Waals surface area contributed by atoms with Crippen molar-refractivity contribution in [1.82, 2.24) is 4.57 Å². The molecule has 7 heteroatoms. The summed E-state index contributed by atoms with van der Waals surface area (Å²) in [7, 11) is 0. The number of fused-ring (bicyclic) bond motifs is 1. The fourth-order valence-electron chi connectivity index (χ4n) is 4.34. The van der Waals surface area contributed by atoms with E-state index >= 15 is 0 Å². The van der Waals surface area contributed by atoms with Gasteiger partial charge in [0.15, 0.2) is 11.5 Å². The van der Waals surface area contributed by atoms with E-state index < -0.39 is 17.7 Å². The minimum absolute atomic E-state index is 0.187. The smallest absolute Gasteiger partial charge is 0.339 e. The fraction of sp³-hybridized carbons (Fsp3) is 0.357. The number of carboxylic acid groups (broad SMARTS) is 1. The molecule has 35 heavy (non-hydrogen) atoms. The van der Waals surface area contributed by atoms with Crippen LogP contribution in [0.2, 0.25) is 0 Å². The Morgan fingerprint density at radius 1 is 1.14 bits per heavy atom. The summed E-state index contributed by atoms with van der Waals surface area (Å²) >= 11 is 1.39. The predicted molar refractivity (Wildman–Crippen MR) is 137 cm³/mol. The highest BCUT2D eigenvalue weighted by Crippen LogP contribution is 2.36. The van der Waals surface area contributed by atoms with Crippen LogP contribution in [0, 0.1) is 13.8 Å². The summed E-state index contributed by atoms with van der Waals surface area (Å²) in [5.41, 5.74) is 2.30. The zero-order valence-corrected chi connectivity index (χ0v) is 21.6. The topological polar surface area (TPSA) is 77.8 Å². The van der Waals surface area contributed by atoms with E-state index in [4.69, 9.17) is 9.47 Å². The van der Waals surface area contributed by atoms with Crippen molar-refractivity contribution >= 4 is 17.7 Å². The molecule has 0 bridgehead atoms. The third-order valence-electron chi connectivity index (χ3n) is 5.89. The number of aliphatic carboxylic acids is 1. The summed E-state index contributed by atoms with van der Waals surface area (Å²) in [5, 5.41) is 10.2. The molecule has 0 radical (unpaired) electrons. The first-order valence-electron chi connectivity index (χ1n) is 11.7. The molecule has 0 fully saturated rings. The molecule has 1 unspecified atom stereocenters. The summed E-state index contributed by atoms with van der Waals surface area (Å²) in [6.07, 6.45) is 0.485. The van der Waals surface area contributed by atoms with Gasteiger partial charge >= 0.3 is 5.97 Å². The maximum atomic E-state index is 13.6. The number of hydrogen-bond acceptors (Lipinski definition) is 5. The highest BCUT2D eigenvalue weighted by molar-refractivity contribution is 7.99. The van der Waals surface area contributed by atoms with E-state index in [0.29, 0.717) is 28.5 Å². The highest BCUT2D eigenvalue weighted by Gasteiger charge is 2.33. The van der Waals surface area contributed by atoms with Crippen molar-refractivity contribution < 1.29 is 19.4 Å². The third-order valence-corrected chi connectivity index (χ3v) is 7.09. The largest absolute Gasteiger partial charge is 0.493 e. The number of carboxylic acids is 1. The van der Waals surface area contributed by atoms with E-state index in [1.807, 2.05) is 80.8 Å². The first-order valence-corrected chi connectivity index (χ1v) is 12.5. The van der Waals surface area contributed by atoms with Crippen LogP contribution >= 0.6 is 11.8 Å². The lowest BCUT2D eigenvalue weighted by molar-refractivity contribution is -0.161. The highest BCUT2D eigenvalue weighted by atomic mass is 32.2. The predicted octanol–water partition coefficient (Wildman–Crippen LogP) is 5.87. The minimum Gasteiger partial charge on any atom is -0.493 e. The SMILES string of the molecule is Cc1c(C(OC(C)(C)C)C(=O)O)n(-c2ccc3c(c2)CCCO3)c(C)c(Sc2ccccc2)c1=O. The Labute approximate surface area is 209 Å². The lowest BCUT2D eigenvalue weighted by Crippen LogP contribution is -2.33. The number of carbonyl (C=O) groups is 1. The van der Waals surface area contributed by atoms with Gasteiger partial charge in [-0.05, 0) is 83.4 Å². The second-order valence-electron chi connectivity index (χ2n) is 9.70. The monoisotopic (exact) mass is 493 g/mol. The average Bonchev–Trinajstić information content (AvgIpc) is 2.82. The minimum atomic E-state index is -1.32. The van der Waals surface area contributed by atoms with Crippen molar-refractivity contribution in [1.29, 1.82) is 0 Å². The molecule has 2 heterocycles. The third kappa shape index (κ3) is 5.31. The van der Waals surface area contributed by atoms with Gasteiger partial charge in [-0.15, -0.1) is 0 Å². The molecule has 0 saturated heterocycles. The van der Waals surface area contributed by atoms with Crippen molar-refractivity contribution in [3.63, 3.8) is 0 Å². The molecule has 4 rings (SSSR count). The Hall–Kier alpha value is -3.03. The van der Waals surface area contributed by atoms with Gasteiger partial charge in [-0.1, -0.05) is 30.0 Å². The number of hydrogen-bond donors (Lipinski definition) is 1. The molecule has 0 aliphatic carbocycles. The summed E-state index contributed by atoms with van der Waals surface area (Å²) in [4.78, 5) is 27.6. The molecule has 0 saturated carbocycles. The maximum absolute atomic E-state index is 13.6. The molecule has 0 spiro atoms. The van der Waals surface area contributed by atoms with Gasteiger partial charge in [0.25, 0.3) is 0 Å².